The van der Waals surface area contributed by atoms with Crippen molar-refractivity contribution in [3.05, 3.63) is 95.6 Å². The van der Waals surface area contributed by atoms with Gasteiger partial charge in [-0.25, -0.2) is 19.3 Å². The highest BCUT2D eigenvalue weighted by atomic mass is 16.8. The predicted octanol–water partition coefficient (Wildman–Crippen LogP) is 2.46. The van der Waals surface area contributed by atoms with Crippen molar-refractivity contribution in [2.24, 2.45) is 5.73 Å². The van der Waals surface area contributed by atoms with Gasteiger partial charge in [0.2, 0.25) is 19.4 Å². The highest BCUT2D eigenvalue weighted by Gasteiger charge is 2.54. The zero-order chi connectivity index (χ0) is 32.5. The Bertz CT molecular complexity index is 1820. The van der Waals surface area contributed by atoms with E-state index >= 15 is 0 Å². The van der Waals surface area contributed by atoms with Crippen LogP contribution in [-0.2, 0) is 18.9 Å². The lowest BCUT2D eigenvalue weighted by Crippen LogP contribution is -2.32. The van der Waals surface area contributed by atoms with Crippen LogP contribution >= 0.6 is 0 Å². The number of aromatic nitrogens is 3. The summed E-state index contributed by atoms with van der Waals surface area (Å²) in [6.07, 6.45) is -1.93. The summed E-state index contributed by atoms with van der Waals surface area (Å²) < 4.78 is 45.9. The van der Waals surface area contributed by atoms with Crippen molar-refractivity contribution in [1.29, 1.82) is 0 Å². The number of fused-ring (bicyclic) bond motifs is 3. The van der Waals surface area contributed by atoms with Crippen LogP contribution in [0.1, 0.15) is 49.4 Å². The number of ether oxygens (including phenoxy) is 8. The van der Waals surface area contributed by atoms with Gasteiger partial charge in [0.05, 0.1) is 11.1 Å². The number of primary amides is 1. The van der Waals surface area contributed by atoms with E-state index in [4.69, 9.17) is 48.7 Å². The third-order valence-electron chi connectivity index (χ3n) is 7.51. The first kappa shape index (κ1) is 30.0. The molecule has 4 aliphatic rings. The molecule has 1 aromatic heterocycles. The van der Waals surface area contributed by atoms with E-state index in [1.807, 2.05) is 30.3 Å². The number of aromatic carboxylic acids is 1. The number of hydrogen-bond acceptors (Lipinski definition) is 13. The largest absolute Gasteiger partial charge is 0.478 e. The third kappa shape index (κ3) is 6.11. The van der Waals surface area contributed by atoms with Crippen LogP contribution in [-0.4, -0.2) is 76.2 Å². The molecule has 5 atom stereocenters. The fraction of sp³-hybridized carbons (Fsp3) is 0.258. The maximum atomic E-state index is 12.7. The van der Waals surface area contributed by atoms with Crippen molar-refractivity contribution >= 4 is 17.8 Å². The summed E-state index contributed by atoms with van der Waals surface area (Å²) in [7, 11) is 0. The normalized spacial score (nSPS) is 23.0. The zero-order valence-corrected chi connectivity index (χ0v) is 24.3. The van der Waals surface area contributed by atoms with Gasteiger partial charge >= 0.3 is 11.9 Å². The summed E-state index contributed by atoms with van der Waals surface area (Å²) in [6, 6.07) is 18.8. The van der Waals surface area contributed by atoms with Crippen molar-refractivity contribution in [1.82, 2.24) is 14.8 Å². The van der Waals surface area contributed by atoms with E-state index in [0.29, 0.717) is 28.6 Å². The van der Waals surface area contributed by atoms with Crippen LogP contribution in [0.2, 0.25) is 0 Å². The summed E-state index contributed by atoms with van der Waals surface area (Å²) in [5.41, 5.74) is 6.63. The van der Waals surface area contributed by atoms with E-state index in [1.54, 1.807) is 24.3 Å². The van der Waals surface area contributed by atoms with E-state index in [-0.39, 0.29) is 31.6 Å². The average molecular weight is 647 g/mol. The van der Waals surface area contributed by atoms with Crippen LogP contribution in [0.5, 0.6) is 23.0 Å². The predicted molar refractivity (Wildman–Crippen MR) is 154 cm³/mol. The minimum Gasteiger partial charge on any atom is -0.478 e. The molecule has 1 amide bonds. The van der Waals surface area contributed by atoms with E-state index in [1.165, 1.54) is 23.1 Å². The number of amides is 1. The van der Waals surface area contributed by atoms with Crippen LogP contribution in [0, 0.1) is 0 Å². The number of carboxylic acids is 1. The molecule has 3 aromatic carbocycles. The Hall–Kier alpha value is -5.71. The van der Waals surface area contributed by atoms with E-state index in [9.17, 15) is 14.4 Å². The molecular formula is C31H26N4O12. The molecular weight excluding hydrogens is 620 g/mol. The van der Waals surface area contributed by atoms with Crippen molar-refractivity contribution in [2.75, 3.05) is 20.2 Å². The van der Waals surface area contributed by atoms with Gasteiger partial charge in [0.1, 0.15) is 31.2 Å². The minimum atomic E-state index is -0.965. The highest BCUT2D eigenvalue weighted by Crippen LogP contribution is 2.44. The van der Waals surface area contributed by atoms with Crippen molar-refractivity contribution in [3.63, 3.8) is 0 Å². The van der Waals surface area contributed by atoms with Gasteiger partial charge in [-0.2, -0.15) is 0 Å². The van der Waals surface area contributed by atoms with Gasteiger partial charge in [-0.05, 0) is 36.4 Å². The van der Waals surface area contributed by atoms with Crippen molar-refractivity contribution < 1.29 is 57.4 Å². The van der Waals surface area contributed by atoms with E-state index in [0.717, 1.165) is 5.56 Å². The number of nitrogens with two attached hydrogens (primary N) is 1. The number of rotatable bonds is 7. The number of carbonyl (C=O) groups is 3. The lowest BCUT2D eigenvalue weighted by Gasteiger charge is -2.20. The fourth-order valence-corrected chi connectivity index (χ4v) is 5.25. The SMILES string of the molecule is NC(=O)c1ncn([C@@H]2O[C@H](COC(=O)c3ccc4c(c3)OCO4)C3OC(c4ccccc4)OC32)n1.O=C(O)c1ccc2c(c1)OCO2. The third-order valence-corrected chi connectivity index (χ3v) is 7.51. The molecule has 8 rings (SSSR count). The Morgan fingerprint density at radius 3 is 2.13 bits per heavy atom. The molecule has 47 heavy (non-hydrogen) atoms. The number of hydrogen-bond donors (Lipinski definition) is 2. The van der Waals surface area contributed by atoms with Gasteiger partial charge in [0, 0.05) is 5.56 Å². The lowest BCUT2D eigenvalue weighted by atomic mass is 10.1. The van der Waals surface area contributed by atoms with Gasteiger partial charge < -0.3 is 48.7 Å². The van der Waals surface area contributed by atoms with Crippen molar-refractivity contribution in [2.45, 2.75) is 30.8 Å². The van der Waals surface area contributed by atoms with Gasteiger partial charge in [0.25, 0.3) is 5.91 Å². The topological polar surface area (TPSA) is 202 Å². The molecule has 0 spiro atoms. The van der Waals surface area contributed by atoms with E-state index < -0.39 is 48.7 Å². The minimum absolute atomic E-state index is 0.104. The molecule has 16 heteroatoms. The maximum Gasteiger partial charge on any atom is 0.338 e. The summed E-state index contributed by atoms with van der Waals surface area (Å²) in [5.74, 6) is -0.297. The average Bonchev–Trinajstić information content (AvgIpc) is 3.92. The van der Waals surface area contributed by atoms with Crippen molar-refractivity contribution in [3.8, 4) is 23.0 Å². The lowest BCUT2D eigenvalue weighted by molar-refractivity contribution is -0.156. The zero-order valence-electron chi connectivity index (χ0n) is 24.3. The number of esters is 1. The summed E-state index contributed by atoms with van der Waals surface area (Å²) in [4.78, 5) is 38.6. The Morgan fingerprint density at radius 1 is 0.830 bits per heavy atom. The van der Waals surface area contributed by atoms with Gasteiger partial charge in [-0.3, -0.25) is 4.79 Å². The first-order valence-electron chi connectivity index (χ1n) is 14.3. The van der Waals surface area contributed by atoms with Gasteiger partial charge in [-0.15, -0.1) is 5.10 Å². The second kappa shape index (κ2) is 12.6. The number of nitrogens with zero attached hydrogens (tertiary/aromatic N) is 3. The second-order valence-electron chi connectivity index (χ2n) is 10.5. The fourth-order valence-electron chi connectivity index (χ4n) is 5.25. The molecule has 0 aliphatic carbocycles. The Balaban J connectivity index is 0.000000245. The summed E-state index contributed by atoms with van der Waals surface area (Å²) in [6.45, 7) is 0.166. The first-order valence-corrected chi connectivity index (χ1v) is 14.3. The standard InChI is InChI=1S/C23H20N4O8.C8H6O4/c24-19(28)20-25-10-27(26-20)21-18-17(34-23(35-18)12-4-2-1-3-5-12)16(33-21)9-30-22(29)13-6-7-14-15(8-13)32-11-31-14;9-8(10)5-1-2-6-7(3-5)12-4-11-6/h1-8,10,16-18,21,23H,9,11H2,(H2,24,28);1-3H,4H2,(H,9,10)/t16-,17?,18?,21-,23?;/m1./s1. The number of benzene rings is 3. The monoisotopic (exact) mass is 646 g/mol. The van der Waals surface area contributed by atoms with Crippen LogP contribution < -0.4 is 24.7 Å². The second-order valence-corrected chi connectivity index (χ2v) is 10.5. The van der Waals surface area contributed by atoms with Gasteiger partial charge in [-0.1, -0.05) is 30.3 Å². The molecule has 16 nitrogen and oxygen atoms in total. The first-order chi connectivity index (χ1) is 22.8. The molecule has 3 N–H and O–H groups in total. The molecule has 0 bridgehead atoms. The Morgan fingerprint density at radius 2 is 1.47 bits per heavy atom. The highest BCUT2D eigenvalue weighted by molar-refractivity contribution is 5.90. The van der Waals surface area contributed by atoms with Crippen LogP contribution in [0.4, 0.5) is 0 Å². The summed E-state index contributed by atoms with van der Waals surface area (Å²) in [5, 5.41) is 12.7. The molecule has 3 unspecified atom stereocenters. The maximum absolute atomic E-state index is 12.7. The molecule has 242 valence electrons. The van der Waals surface area contributed by atoms with Gasteiger partial charge in [0.15, 0.2) is 35.5 Å². The quantitative estimate of drug-likeness (QED) is 0.277. The Labute approximate surface area is 265 Å². The number of carboxylic acid groups (broad SMARTS) is 1. The molecule has 2 saturated heterocycles. The summed E-state index contributed by atoms with van der Waals surface area (Å²) >= 11 is 0. The molecule has 5 heterocycles. The molecule has 0 radical (unpaired) electrons. The molecule has 4 aliphatic heterocycles. The smallest absolute Gasteiger partial charge is 0.338 e. The molecule has 2 fully saturated rings. The van der Waals surface area contributed by atoms with Crippen LogP contribution in [0.25, 0.3) is 0 Å². The van der Waals surface area contributed by atoms with Crippen LogP contribution in [0.3, 0.4) is 0 Å². The van der Waals surface area contributed by atoms with E-state index in [2.05, 4.69) is 10.1 Å². The molecule has 0 saturated carbocycles. The Kier molecular flexibility index (Phi) is 8.03. The number of carbonyl (C=O) groups excluding carboxylic acids is 2. The van der Waals surface area contributed by atoms with Crippen LogP contribution in [0.15, 0.2) is 73.1 Å². The molecule has 4 aromatic rings.